The van der Waals surface area contributed by atoms with Gasteiger partial charge in [-0.25, -0.2) is 12.8 Å². The zero-order chi connectivity index (χ0) is 14.8. The van der Waals surface area contributed by atoms with E-state index in [2.05, 4.69) is 0 Å². The van der Waals surface area contributed by atoms with E-state index in [9.17, 15) is 17.9 Å². The Morgan fingerprint density at radius 2 is 2.25 bits per heavy atom. The molecule has 0 amide bonds. The van der Waals surface area contributed by atoms with Gasteiger partial charge >= 0.3 is 0 Å². The number of aliphatic hydroxyl groups excluding tert-OH is 1. The third-order valence-corrected chi connectivity index (χ3v) is 5.46. The zero-order valence-electron chi connectivity index (χ0n) is 11.4. The van der Waals surface area contributed by atoms with Crippen molar-refractivity contribution in [3.05, 3.63) is 29.6 Å². The first-order valence-electron chi connectivity index (χ1n) is 6.60. The minimum absolute atomic E-state index is 0.0121. The number of hydrogen-bond donors (Lipinski definition) is 1. The van der Waals surface area contributed by atoms with Crippen LogP contribution < -0.4 is 4.74 Å². The van der Waals surface area contributed by atoms with Crippen LogP contribution in [0.2, 0.25) is 0 Å². The van der Waals surface area contributed by atoms with Gasteiger partial charge in [0, 0.05) is 0 Å². The number of benzene rings is 1. The van der Waals surface area contributed by atoms with Crippen molar-refractivity contribution in [2.24, 2.45) is 5.92 Å². The first-order valence-corrected chi connectivity index (χ1v) is 8.42. The fourth-order valence-corrected chi connectivity index (χ4v) is 4.52. The third kappa shape index (κ3) is 3.93. The number of hydrogen-bond acceptors (Lipinski definition) is 4. The Morgan fingerprint density at radius 1 is 1.50 bits per heavy atom. The summed E-state index contributed by atoms with van der Waals surface area (Å²) in [4.78, 5) is 0. The van der Waals surface area contributed by atoms with Crippen molar-refractivity contribution in [1.82, 2.24) is 0 Å². The van der Waals surface area contributed by atoms with Gasteiger partial charge in [0.2, 0.25) is 0 Å². The normalized spacial score (nSPS) is 22.6. The van der Waals surface area contributed by atoms with Crippen molar-refractivity contribution in [2.75, 3.05) is 18.6 Å². The van der Waals surface area contributed by atoms with Crippen LogP contribution in [0.4, 0.5) is 4.39 Å². The zero-order valence-corrected chi connectivity index (χ0v) is 12.2. The molecule has 0 radical (unpaired) electrons. The topological polar surface area (TPSA) is 63.6 Å². The minimum Gasteiger partial charge on any atom is -0.494 e. The van der Waals surface area contributed by atoms with Gasteiger partial charge in [-0.2, -0.15) is 0 Å². The molecule has 20 heavy (non-hydrogen) atoms. The van der Waals surface area contributed by atoms with Gasteiger partial charge in [0.15, 0.2) is 21.4 Å². The standard InChI is InChI=1S/C14H19FO4S/c1-19-14-3-2-10(8-13(14)15)6-12(16)7-11-4-5-20(17,18)9-11/h2-3,8,11-12,16H,4-7,9H2,1H3. The Hall–Kier alpha value is -1.14. The molecule has 1 fully saturated rings. The van der Waals surface area contributed by atoms with E-state index in [1.165, 1.54) is 19.2 Å². The molecule has 0 aromatic heterocycles. The fourth-order valence-electron chi connectivity index (χ4n) is 2.63. The van der Waals surface area contributed by atoms with Crippen LogP contribution in [0.25, 0.3) is 0 Å². The van der Waals surface area contributed by atoms with Crippen LogP contribution in [0.1, 0.15) is 18.4 Å². The molecule has 1 aromatic carbocycles. The molecule has 6 heteroatoms. The van der Waals surface area contributed by atoms with Crippen LogP contribution in [0, 0.1) is 11.7 Å². The summed E-state index contributed by atoms with van der Waals surface area (Å²) in [5.74, 6) is 0.0895. The van der Waals surface area contributed by atoms with E-state index in [0.29, 0.717) is 24.8 Å². The Balaban J connectivity index is 1.91. The number of methoxy groups -OCH3 is 1. The first kappa shape index (κ1) is 15.3. The Labute approximate surface area is 118 Å². The molecule has 2 unspecified atom stereocenters. The summed E-state index contributed by atoms with van der Waals surface area (Å²) in [6.45, 7) is 0. The minimum atomic E-state index is -2.92. The summed E-state index contributed by atoms with van der Waals surface area (Å²) < 4.78 is 41.1. The summed E-state index contributed by atoms with van der Waals surface area (Å²) in [7, 11) is -1.52. The van der Waals surface area contributed by atoms with Gasteiger partial charge in [-0.05, 0) is 42.9 Å². The highest BCUT2D eigenvalue weighted by molar-refractivity contribution is 7.91. The lowest BCUT2D eigenvalue weighted by Gasteiger charge is -2.15. The van der Waals surface area contributed by atoms with Crippen LogP contribution in [-0.2, 0) is 16.3 Å². The fraction of sp³-hybridized carbons (Fsp3) is 0.571. The maximum Gasteiger partial charge on any atom is 0.165 e. The quantitative estimate of drug-likeness (QED) is 0.896. The second kappa shape index (κ2) is 6.10. The molecular weight excluding hydrogens is 283 g/mol. The molecule has 1 saturated heterocycles. The molecule has 4 nitrogen and oxygen atoms in total. The lowest BCUT2D eigenvalue weighted by molar-refractivity contribution is 0.147. The number of ether oxygens (including phenoxy) is 1. The van der Waals surface area contributed by atoms with Gasteiger partial charge < -0.3 is 9.84 Å². The molecule has 1 aliphatic heterocycles. The predicted molar refractivity (Wildman–Crippen MR) is 74.0 cm³/mol. The number of rotatable bonds is 5. The predicted octanol–water partition coefficient (Wildman–Crippen LogP) is 1.56. The van der Waals surface area contributed by atoms with Crippen molar-refractivity contribution in [3.63, 3.8) is 0 Å². The number of aliphatic hydroxyl groups is 1. The highest BCUT2D eigenvalue weighted by Gasteiger charge is 2.29. The summed E-state index contributed by atoms with van der Waals surface area (Å²) >= 11 is 0. The molecule has 0 bridgehead atoms. The molecule has 1 heterocycles. The molecule has 0 aliphatic carbocycles. The molecule has 112 valence electrons. The second-order valence-electron chi connectivity index (χ2n) is 5.33. The van der Waals surface area contributed by atoms with E-state index < -0.39 is 21.8 Å². The van der Waals surface area contributed by atoms with Gasteiger partial charge in [0.05, 0.1) is 24.7 Å². The highest BCUT2D eigenvalue weighted by atomic mass is 32.2. The molecule has 1 N–H and O–H groups in total. The van der Waals surface area contributed by atoms with Crippen LogP contribution in [0.3, 0.4) is 0 Å². The smallest absolute Gasteiger partial charge is 0.165 e. The lowest BCUT2D eigenvalue weighted by atomic mass is 9.96. The summed E-state index contributed by atoms with van der Waals surface area (Å²) in [5, 5.41) is 10.0. The van der Waals surface area contributed by atoms with E-state index in [0.717, 1.165) is 0 Å². The van der Waals surface area contributed by atoms with Crippen LogP contribution in [0.15, 0.2) is 18.2 Å². The van der Waals surface area contributed by atoms with Crippen molar-refractivity contribution in [1.29, 1.82) is 0 Å². The summed E-state index contributed by atoms with van der Waals surface area (Å²) in [6, 6.07) is 4.57. The summed E-state index contributed by atoms with van der Waals surface area (Å²) in [5.41, 5.74) is 0.677. The average molecular weight is 302 g/mol. The van der Waals surface area contributed by atoms with E-state index >= 15 is 0 Å². The SMILES string of the molecule is COc1ccc(CC(O)CC2CCS(=O)(=O)C2)cc1F. The molecule has 1 aromatic rings. The molecule has 1 aliphatic rings. The Morgan fingerprint density at radius 3 is 2.80 bits per heavy atom. The van der Waals surface area contributed by atoms with E-state index in [1.54, 1.807) is 6.07 Å². The van der Waals surface area contributed by atoms with Gasteiger partial charge in [-0.1, -0.05) is 6.07 Å². The third-order valence-electron chi connectivity index (χ3n) is 3.62. The van der Waals surface area contributed by atoms with Crippen molar-refractivity contribution < 1.29 is 22.7 Å². The maximum atomic E-state index is 13.5. The van der Waals surface area contributed by atoms with Crippen LogP contribution in [-0.4, -0.2) is 38.2 Å². The maximum absolute atomic E-state index is 13.5. The molecular formula is C14H19FO4S. The highest BCUT2D eigenvalue weighted by Crippen LogP contribution is 2.25. The van der Waals surface area contributed by atoms with E-state index in [-0.39, 0.29) is 23.2 Å². The Kier molecular flexibility index (Phi) is 4.65. The van der Waals surface area contributed by atoms with E-state index in [1.807, 2.05) is 0 Å². The van der Waals surface area contributed by atoms with Crippen LogP contribution >= 0.6 is 0 Å². The van der Waals surface area contributed by atoms with E-state index in [4.69, 9.17) is 4.74 Å². The van der Waals surface area contributed by atoms with Gasteiger partial charge in [-0.15, -0.1) is 0 Å². The average Bonchev–Trinajstić information content (AvgIpc) is 2.68. The van der Waals surface area contributed by atoms with Gasteiger partial charge in [-0.3, -0.25) is 0 Å². The first-order chi connectivity index (χ1) is 9.39. The van der Waals surface area contributed by atoms with Crippen molar-refractivity contribution >= 4 is 9.84 Å². The molecule has 0 spiro atoms. The Bertz CT molecular complexity index is 571. The second-order valence-corrected chi connectivity index (χ2v) is 7.56. The van der Waals surface area contributed by atoms with Crippen molar-refractivity contribution in [2.45, 2.75) is 25.4 Å². The molecule has 0 saturated carbocycles. The molecule has 2 rings (SSSR count). The summed E-state index contributed by atoms with van der Waals surface area (Å²) in [6.07, 6.45) is 0.710. The van der Waals surface area contributed by atoms with Crippen molar-refractivity contribution in [3.8, 4) is 5.75 Å². The number of sulfone groups is 1. The number of halogens is 1. The van der Waals surface area contributed by atoms with Crippen LogP contribution in [0.5, 0.6) is 5.75 Å². The lowest BCUT2D eigenvalue weighted by Crippen LogP contribution is -2.17. The monoisotopic (exact) mass is 302 g/mol. The molecule has 2 atom stereocenters. The van der Waals surface area contributed by atoms with Gasteiger partial charge in [0.25, 0.3) is 0 Å². The van der Waals surface area contributed by atoms with Gasteiger partial charge in [0.1, 0.15) is 0 Å². The largest absolute Gasteiger partial charge is 0.494 e.